The van der Waals surface area contributed by atoms with Crippen LogP contribution in [0.5, 0.6) is 11.6 Å². The van der Waals surface area contributed by atoms with Gasteiger partial charge in [-0.25, -0.2) is 9.78 Å². The zero-order valence-electron chi connectivity index (χ0n) is 14.1. The van der Waals surface area contributed by atoms with Gasteiger partial charge < -0.3 is 19.5 Å². The lowest BCUT2D eigenvalue weighted by Gasteiger charge is -2.29. The maximum atomic E-state index is 12.4. The number of phenols is 1. The second-order valence-electron chi connectivity index (χ2n) is 6.02. The molecule has 0 saturated carbocycles. The average Bonchev–Trinajstić information content (AvgIpc) is 2.69. The van der Waals surface area contributed by atoms with Gasteiger partial charge in [-0.1, -0.05) is 6.07 Å². The first-order valence-corrected chi connectivity index (χ1v) is 8.44. The number of hydrogen-bond donors (Lipinski definition) is 1. The average molecular weight is 350 g/mol. The second-order valence-corrected chi connectivity index (χ2v) is 6.02. The maximum Gasteiger partial charge on any atom is 0.344 e. The number of carbonyl (C=O) groups excluding carboxylic acids is 1. The van der Waals surface area contributed by atoms with E-state index in [1.807, 2.05) is 18.2 Å². The minimum Gasteiger partial charge on any atom is -0.508 e. The number of aromatic hydroxyl groups is 1. The Bertz CT molecular complexity index is 934. The summed E-state index contributed by atoms with van der Waals surface area (Å²) in [5, 5.41) is 11.1. The minimum absolute atomic E-state index is 0.0972. The zero-order valence-corrected chi connectivity index (χ0v) is 14.1. The molecule has 0 aliphatic carbocycles. The normalized spacial score (nSPS) is 14.4. The molecule has 0 radical (unpaired) electrons. The highest BCUT2D eigenvalue weighted by Crippen LogP contribution is 2.32. The van der Waals surface area contributed by atoms with E-state index in [1.165, 1.54) is 24.3 Å². The van der Waals surface area contributed by atoms with Crippen molar-refractivity contribution in [3.8, 4) is 11.6 Å². The zero-order chi connectivity index (χ0) is 17.9. The molecule has 1 saturated heterocycles. The van der Waals surface area contributed by atoms with Crippen LogP contribution in [0.2, 0.25) is 0 Å². The number of anilines is 1. The molecule has 1 aliphatic rings. The van der Waals surface area contributed by atoms with Crippen molar-refractivity contribution < 1.29 is 19.4 Å². The summed E-state index contributed by atoms with van der Waals surface area (Å²) < 4.78 is 10.9. The Morgan fingerprint density at radius 2 is 1.81 bits per heavy atom. The SMILES string of the molecule is O=C(Oc1nccc2c(N3CCOCC3)cccc12)c1ccc(O)cc1. The third kappa shape index (κ3) is 3.19. The van der Waals surface area contributed by atoms with Gasteiger partial charge in [0.05, 0.1) is 18.8 Å². The largest absolute Gasteiger partial charge is 0.508 e. The predicted octanol–water partition coefficient (Wildman–Crippen LogP) is 3.00. The fourth-order valence-corrected chi connectivity index (χ4v) is 3.07. The van der Waals surface area contributed by atoms with Crippen molar-refractivity contribution in [1.29, 1.82) is 0 Å². The Labute approximate surface area is 150 Å². The molecular weight excluding hydrogens is 332 g/mol. The molecule has 1 fully saturated rings. The van der Waals surface area contributed by atoms with Crippen LogP contribution in [0.25, 0.3) is 10.8 Å². The molecule has 6 heteroatoms. The Morgan fingerprint density at radius 1 is 1.04 bits per heavy atom. The molecule has 4 rings (SSSR count). The van der Waals surface area contributed by atoms with Crippen molar-refractivity contribution in [1.82, 2.24) is 4.98 Å². The van der Waals surface area contributed by atoms with Gasteiger partial charge >= 0.3 is 5.97 Å². The molecule has 1 aliphatic heterocycles. The van der Waals surface area contributed by atoms with Crippen molar-refractivity contribution in [3.63, 3.8) is 0 Å². The van der Waals surface area contributed by atoms with Gasteiger partial charge in [0.2, 0.25) is 5.88 Å². The van der Waals surface area contributed by atoms with Crippen molar-refractivity contribution in [2.75, 3.05) is 31.2 Å². The van der Waals surface area contributed by atoms with Crippen LogP contribution in [0.3, 0.4) is 0 Å². The maximum absolute atomic E-state index is 12.4. The smallest absolute Gasteiger partial charge is 0.344 e. The van der Waals surface area contributed by atoms with Gasteiger partial charge in [0, 0.05) is 35.7 Å². The predicted molar refractivity (Wildman–Crippen MR) is 97.8 cm³/mol. The third-order valence-corrected chi connectivity index (χ3v) is 4.39. The fraction of sp³-hybridized carbons (Fsp3) is 0.200. The molecule has 0 amide bonds. The first-order valence-electron chi connectivity index (χ1n) is 8.44. The molecule has 6 nitrogen and oxygen atoms in total. The van der Waals surface area contributed by atoms with Gasteiger partial charge in [0.15, 0.2) is 0 Å². The van der Waals surface area contributed by atoms with E-state index >= 15 is 0 Å². The highest BCUT2D eigenvalue weighted by molar-refractivity contribution is 5.99. The standard InChI is InChI=1S/C20H18N2O4/c23-15-6-4-14(5-7-15)20(24)26-19-17-2-1-3-18(16(17)8-9-21-19)22-10-12-25-13-11-22/h1-9,23H,10-13H2. The number of carbonyl (C=O) groups is 1. The summed E-state index contributed by atoms with van der Waals surface area (Å²) in [4.78, 5) is 18.9. The number of phenolic OH excluding ortho intramolecular Hbond substituents is 1. The third-order valence-electron chi connectivity index (χ3n) is 4.39. The topological polar surface area (TPSA) is 71.9 Å². The van der Waals surface area contributed by atoms with Crippen LogP contribution in [-0.2, 0) is 4.74 Å². The van der Waals surface area contributed by atoms with Crippen molar-refractivity contribution in [2.24, 2.45) is 0 Å². The molecule has 26 heavy (non-hydrogen) atoms. The Morgan fingerprint density at radius 3 is 2.58 bits per heavy atom. The number of fused-ring (bicyclic) bond motifs is 1. The first kappa shape index (κ1) is 16.4. The van der Waals surface area contributed by atoms with Gasteiger partial charge in [-0.15, -0.1) is 0 Å². The van der Waals surface area contributed by atoms with Crippen LogP contribution < -0.4 is 9.64 Å². The lowest BCUT2D eigenvalue weighted by molar-refractivity contribution is 0.0730. The van der Waals surface area contributed by atoms with E-state index < -0.39 is 5.97 Å². The van der Waals surface area contributed by atoms with Crippen LogP contribution in [0, 0.1) is 0 Å². The van der Waals surface area contributed by atoms with Gasteiger partial charge in [-0.05, 0) is 42.5 Å². The van der Waals surface area contributed by atoms with Crippen LogP contribution in [0.1, 0.15) is 10.4 Å². The molecule has 2 aromatic carbocycles. The lowest BCUT2D eigenvalue weighted by atomic mass is 10.1. The number of nitrogens with zero attached hydrogens (tertiary/aromatic N) is 2. The molecule has 1 N–H and O–H groups in total. The van der Waals surface area contributed by atoms with Crippen LogP contribution in [0.4, 0.5) is 5.69 Å². The summed E-state index contributed by atoms with van der Waals surface area (Å²) in [6.07, 6.45) is 1.64. The number of ether oxygens (including phenoxy) is 2. The van der Waals surface area contributed by atoms with Crippen LogP contribution >= 0.6 is 0 Å². The summed E-state index contributed by atoms with van der Waals surface area (Å²) in [6, 6.07) is 13.7. The molecular formula is C20H18N2O4. The highest BCUT2D eigenvalue weighted by atomic mass is 16.5. The fourth-order valence-electron chi connectivity index (χ4n) is 3.07. The molecule has 0 atom stereocenters. The summed E-state index contributed by atoms with van der Waals surface area (Å²) in [5.41, 5.74) is 1.43. The van der Waals surface area contributed by atoms with Crippen LogP contribution in [-0.4, -0.2) is 42.4 Å². The van der Waals surface area contributed by atoms with Gasteiger partial charge in [-0.3, -0.25) is 0 Å². The number of morpholine rings is 1. The number of pyridine rings is 1. The summed E-state index contributed by atoms with van der Waals surface area (Å²) in [6.45, 7) is 3.04. The monoisotopic (exact) mass is 350 g/mol. The number of aromatic nitrogens is 1. The summed E-state index contributed by atoms with van der Waals surface area (Å²) in [5.74, 6) is -0.141. The van der Waals surface area contributed by atoms with E-state index in [2.05, 4.69) is 16.0 Å². The van der Waals surface area contributed by atoms with Gasteiger partial charge in [0.1, 0.15) is 5.75 Å². The molecule has 132 valence electrons. The van der Waals surface area contributed by atoms with Gasteiger partial charge in [-0.2, -0.15) is 0 Å². The van der Waals surface area contributed by atoms with Crippen LogP contribution in [0.15, 0.2) is 54.7 Å². The molecule has 0 spiro atoms. The Kier molecular flexibility index (Phi) is 4.41. The molecule has 3 aromatic rings. The van der Waals surface area contributed by atoms with E-state index in [9.17, 15) is 9.90 Å². The Hall–Kier alpha value is -3.12. The number of benzene rings is 2. The lowest BCUT2D eigenvalue weighted by Crippen LogP contribution is -2.36. The first-order chi connectivity index (χ1) is 12.7. The van der Waals surface area contributed by atoms with E-state index in [-0.39, 0.29) is 11.6 Å². The summed E-state index contributed by atoms with van der Waals surface area (Å²) in [7, 11) is 0. The Balaban J connectivity index is 1.67. The second kappa shape index (κ2) is 7.01. The highest BCUT2D eigenvalue weighted by Gasteiger charge is 2.17. The summed E-state index contributed by atoms with van der Waals surface area (Å²) >= 11 is 0. The number of hydrogen-bond acceptors (Lipinski definition) is 6. The quantitative estimate of drug-likeness (QED) is 0.732. The van der Waals surface area contributed by atoms with E-state index in [1.54, 1.807) is 6.20 Å². The van der Waals surface area contributed by atoms with E-state index in [0.29, 0.717) is 18.8 Å². The molecule has 1 aromatic heterocycles. The number of esters is 1. The van der Waals surface area contributed by atoms with E-state index in [4.69, 9.17) is 9.47 Å². The van der Waals surface area contributed by atoms with Crippen molar-refractivity contribution in [2.45, 2.75) is 0 Å². The molecule has 0 bridgehead atoms. The van der Waals surface area contributed by atoms with Gasteiger partial charge in [0.25, 0.3) is 0 Å². The molecule has 2 heterocycles. The molecule has 0 unspecified atom stereocenters. The number of rotatable bonds is 3. The van der Waals surface area contributed by atoms with Crippen molar-refractivity contribution in [3.05, 3.63) is 60.3 Å². The minimum atomic E-state index is -0.512. The van der Waals surface area contributed by atoms with E-state index in [0.717, 1.165) is 29.5 Å². The van der Waals surface area contributed by atoms with Crippen molar-refractivity contribution >= 4 is 22.4 Å².